The van der Waals surface area contributed by atoms with Gasteiger partial charge in [-0.2, -0.15) is 0 Å². The van der Waals surface area contributed by atoms with E-state index in [1.807, 2.05) is 11.8 Å². The van der Waals surface area contributed by atoms with Gasteiger partial charge in [0.15, 0.2) is 0 Å². The van der Waals surface area contributed by atoms with Crippen molar-refractivity contribution in [3.63, 3.8) is 0 Å². The number of anilines is 2. The van der Waals surface area contributed by atoms with Gasteiger partial charge in [0, 0.05) is 32.4 Å². The predicted octanol–water partition coefficient (Wildman–Crippen LogP) is 17.8. The summed E-state index contributed by atoms with van der Waals surface area (Å²) in [4.78, 5) is 3.91. The molecule has 2 heterocycles. The summed E-state index contributed by atoms with van der Waals surface area (Å²) in [5.74, 6) is 0. The highest BCUT2D eigenvalue weighted by Crippen LogP contribution is 2.57. The van der Waals surface area contributed by atoms with E-state index < -0.39 is 5.41 Å². The van der Waals surface area contributed by atoms with Crippen molar-refractivity contribution >= 4 is 71.4 Å². The number of rotatable bonds is 8. The number of thioether (sulfide) groups is 1. The lowest BCUT2D eigenvalue weighted by molar-refractivity contribution is 0.767. The Morgan fingerprint density at radius 1 is 0.414 bits per heavy atom. The normalized spacial score (nSPS) is 14.8. The molecule has 14 rings (SSSR count). The van der Waals surface area contributed by atoms with Crippen LogP contribution in [-0.4, -0.2) is 9.94 Å². The quantitative estimate of drug-likeness (QED) is 0.150. The molecule has 0 radical (unpaired) electrons. The second-order valence-corrected chi connectivity index (χ2v) is 19.9. The van der Waals surface area contributed by atoms with Crippen molar-refractivity contribution in [2.75, 3.05) is 4.90 Å². The van der Waals surface area contributed by atoms with Gasteiger partial charge in [-0.25, -0.2) is 0 Å². The van der Waals surface area contributed by atoms with Crippen LogP contribution in [0.15, 0.2) is 261 Å². The highest BCUT2D eigenvalue weighted by atomic mass is 32.2. The fraction of sp³-hybridized carbons (Fsp3) is 0.0448. The van der Waals surface area contributed by atoms with Crippen LogP contribution in [0.2, 0.25) is 0 Å². The standard InChI is InChI=1S/C67H46N2S/c1-4-18-46(19-5-1)65-39-40-66(70-65)69(62-30-16-20-45-17-10-11-25-55(45)62)53-35-33-48-41-47(31-32-49(48)42-53)50-34-38-64-59(43-50)58-27-13-15-29-63(58)68(64)54-36-37-57-56-26-12-14-28-60(56)67(61(57)44-54,51-21-6-2-7-22-51)52-23-8-3-9-24-52/h1-39,41-44,66H,40H2. The van der Waals surface area contributed by atoms with E-state index in [1.54, 1.807) is 0 Å². The van der Waals surface area contributed by atoms with Gasteiger partial charge in [-0.15, -0.1) is 11.8 Å². The van der Waals surface area contributed by atoms with Crippen LogP contribution in [-0.2, 0) is 5.41 Å². The minimum Gasteiger partial charge on any atom is -0.328 e. The maximum atomic E-state index is 2.57. The molecule has 2 aliphatic rings. The van der Waals surface area contributed by atoms with Gasteiger partial charge in [0.1, 0.15) is 0 Å². The second kappa shape index (κ2) is 16.4. The van der Waals surface area contributed by atoms with Crippen molar-refractivity contribution in [2.45, 2.75) is 17.2 Å². The van der Waals surface area contributed by atoms with Crippen LogP contribution < -0.4 is 4.90 Å². The summed E-state index contributed by atoms with van der Waals surface area (Å²) in [6.45, 7) is 0. The molecule has 0 bridgehead atoms. The molecular formula is C67H46N2S. The van der Waals surface area contributed by atoms with Crippen molar-refractivity contribution in [1.29, 1.82) is 0 Å². The molecule has 3 heteroatoms. The van der Waals surface area contributed by atoms with Gasteiger partial charge in [-0.05, 0) is 127 Å². The highest BCUT2D eigenvalue weighted by Gasteiger charge is 2.46. The molecule has 12 aromatic rings. The molecule has 0 amide bonds. The average Bonchev–Trinajstić information content (AvgIpc) is 4.13. The Kier molecular flexibility index (Phi) is 9.53. The third-order valence-electron chi connectivity index (χ3n) is 14.9. The number of hydrogen-bond acceptors (Lipinski definition) is 2. The molecule has 1 atom stereocenters. The molecule has 0 spiro atoms. The van der Waals surface area contributed by atoms with E-state index in [4.69, 9.17) is 0 Å². The van der Waals surface area contributed by atoms with E-state index >= 15 is 0 Å². The van der Waals surface area contributed by atoms with Crippen LogP contribution in [0, 0.1) is 0 Å². The Hall–Kier alpha value is -8.37. The van der Waals surface area contributed by atoms with E-state index in [9.17, 15) is 0 Å². The Balaban J connectivity index is 0.863. The molecule has 330 valence electrons. The van der Waals surface area contributed by atoms with Crippen LogP contribution in [0.1, 0.15) is 34.2 Å². The first-order valence-electron chi connectivity index (χ1n) is 24.3. The van der Waals surface area contributed by atoms with Crippen LogP contribution in [0.3, 0.4) is 0 Å². The van der Waals surface area contributed by atoms with Gasteiger partial charge >= 0.3 is 0 Å². The van der Waals surface area contributed by atoms with E-state index in [0.717, 1.165) is 12.1 Å². The first kappa shape index (κ1) is 40.7. The molecule has 0 saturated heterocycles. The van der Waals surface area contributed by atoms with E-state index in [2.05, 4.69) is 270 Å². The van der Waals surface area contributed by atoms with E-state index in [1.165, 1.54) is 110 Å². The average molecular weight is 911 g/mol. The summed E-state index contributed by atoms with van der Waals surface area (Å²) in [5, 5.41) is 7.67. The lowest BCUT2D eigenvalue weighted by Gasteiger charge is -2.34. The topological polar surface area (TPSA) is 8.17 Å². The monoisotopic (exact) mass is 910 g/mol. The zero-order valence-corrected chi connectivity index (χ0v) is 39.2. The molecule has 1 aliphatic carbocycles. The maximum Gasteiger partial charge on any atom is 0.0880 e. The molecule has 1 aliphatic heterocycles. The van der Waals surface area contributed by atoms with Crippen molar-refractivity contribution in [3.05, 3.63) is 289 Å². The third-order valence-corrected chi connectivity index (χ3v) is 16.3. The summed E-state index contributed by atoms with van der Waals surface area (Å²) < 4.78 is 2.48. The maximum absolute atomic E-state index is 2.57. The Morgan fingerprint density at radius 2 is 1.04 bits per heavy atom. The summed E-state index contributed by atoms with van der Waals surface area (Å²) in [7, 11) is 0. The van der Waals surface area contributed by atoms with E-state index in [0.29, 0.717) is 0 Å². The van der Waals surface area contributed by atoms with Crippen LogP contribution in [0.25, 0.3) is 76.2 Å². The minimum atomic E-state index is -0.472. The number of aromatic nitrogens is 1. The zero-order chi connectivity index (χ0) is 46.2. The van der Waals surface area contributed by atoms with Crippen molar-refractivity contribution < 1.29 is 0 Å². The van der Waals surface area contributed by atoms with Gasteiger partial charge in [0.05, 0.1) is 27.5 Å². The molecule has 1 unspecified atom stereocenters. The number of hydrogen-bond donors (Lipinski definition) is 0. The Bertz CT molecular complexity index is 3970. The number of fused-ring (bicyclic) bond motifs is 8. The van der Waals surface area contributed by atoms with Crippen LogP contribution in [0.4, 0.5) is 11.4 Å². The lowest BCUT2D eigenvalue weighted by Crippen LogP contribution is -2.28. The molecule has 70 heavy (non-hydrogen) atoms. The summed E-state index contributed by atoms with van der Waals surface area (Å²) in [6, 6.07) is 94.6. The van der Waals surface area contributed by atoms with Gasteiger partial charge in [0.2, 0.25) is 0 Å². The summed E-state index contributed by atoms with van der Waals surface area (Å²) >= 11 is 1.96. The summed E-state index contributed by atoms with van der Waals surface area (Å²) in [5.41, 5.74) is 17.0. The number of benzene rings is 11. The lowest BCUT2D eigenvalue weighted by atomic mass is 9.67. The van der Waals surface area contributed by atoms with Gasteiger partial charge in [0.25, 0.3) is 0 Å². The molecule has 0 fully saturated rings. The number of nitrogens with zero attached hydrogens (tertiary/aromatic N) is 2. The fourth-order valence-corrected chi connectivity index (χ4v) is 13.1. The largest absolute Gasteiger partial charge is 0.328 e. The molecular weight excluding hydrogens is 865 g/mol. The molecule has 11 aromatic carbocycles. The SMILES string of the molecule is C1=C(c2ccccc2)SC(N(c2ccc3cc(-c4ccc5c(c4)c4ccccc4n5-c4ccc5c(c4)C(c4ccccc4)(c4ccccc4)c4ccccc4-5)ccc3c2)c2cccc3ccccc23)C1. The third kappa shape index (κ3) is 6.35. The molecule has 1 aromatic heterocycles. The number of para-hydroxylation sites is 1. The minimum absolute atomic E-state index is 0.218. The zero-order valence-electron chi connectivity index (χ0n) is 38.4. The Morgan fingerprint density at radius 3 is 1.87 bits per heavy atom. The van der Waals surface area contributed by atoms with Crippen molar-refractivity contribution in [2.24, 2.45) is 0 Å². The van der Waals surface area contributed by atoms with Crippen molar-refractivity contribution in [1.82, 2.24) is 4.57 Å². The Labute approximate surface area is 412 Å². The van der Waals surface area contributed by atoms with Gasteiger partial charge < -0.3 is 9.47 Å². The predicted molar refractivity (Wildman–Crippen MR) is 298 cm³/mol. The van der Waals surface area contributed by atoms with Gasteiger partial charge in [-0.3, -0.25) is 0 Å². The fourth-order valence-electron chi connectivity index (χ4n) is 11.8. The smallest absolute Gasteiger partial charge is 0.0880 e. The molecule has 0 saturated carbocycles. The first-order chi connectivity index (χ1) is 34.7. The molecule has 0 N–H and O–H groups in total. The van der Waals surface area contributed by atoms with Crippen LogP contribution >= 0.6 is 11.8 Å². The van der Waals surface area contributed by atoms with Gasteiger partial charge in [-0.1, -0.05) is 206 Å². The van der Waals surface area contributed by atoms with Crippen LogP contribution in [0.5, 0.6) is 0 Å². The molecule has 2 nitrogen and oxygen atoms in total. The highest BCUT2D eigenvalue weighted by molar-refractivity contribution is 8.09. The second-order valence-electron chi connectivity index (χ2n) is 18.7. The first-order valence-corrected chi connectivity index (χ1v) is 25.2. The van der Waals surface area contributed by atoms with E-state index in [-0.39, 0.29) is 5.37 Å². The summed E-state index contributed by atoms with van der Waals surface area (Å²) in [6.07, 6.45) is 3.37. The van der Waals surface area contributed by atoms with Crippen molar-refractivity contribution in [3.8, 4) is 27.9 Å².